The van der Waals surface area contributed by atoms with Crippen molar-refractivity contribution in [2.24, 2.45) is 5.92 Å². The molecule has 0 bridgehead atoms. The number of anilines is 1. The third-order valence-electron chi connectivity index (χ3n) is 3.14. The molecule has 0 spiro atoms. The van der Waals surface area contributed by atoms with E-state index in [4.69, 9.17) is 39.5 Å². The Balaban J connectivity index is 2.13. The predicted molar refractivity (Wildman–Crippen MR) is 78.4 cm³/mol. The van der Waals surface area contributed by atoms with Crippen molar-refractivity contribution in [3.8, 4) is 0 Å². The van der Waals surface area contributed by atoms with Crippen LogP contribution in [0.3, 0.4) is 0 Å². The van der Waals surface area contributed by atoms with Crippen LogP contribution in [0.1, 0.15) is 13.3 Å². The van der Waals surface area contributed by atoms with Gasteiger partial charge in [0.05, 0.1) is 33.3 Å². The Kier molecular flexibility index (Phi) is 4.82. The molecule has 0 N–H and O–H groups in total. The maximum absolute atomic E-state index is 11.7. The fraction of sp³-hybridized carbons (Fsp3) is 0.462. The summed E-state index contributed by atoms with van der Waals surface area (Å²) in [6.45, 7) is 3.56. The number of carbonyl (C=O) groups excluding carboxylic acids is 1. The Hall–Kier alpha value is -0.640. The number of esters is 1. The molecular weight excluding hydrogens is 309 g/mol. The zero-order valence-electron chi connectivity index (χ0n) is 10.5. The lowest BCUT2D eigenvalue weighted by Gasteiger charge is -2.20. The molecule has 6 heteroatoms. The fourth-order valence-electron chi connectivity index (χ4n) is 2.19. The van der Waals surface area contributed by atoms with Gasteiger partial charge in [0.2, 0.25) is 0 Å². The van der Waals surface area contributed by atoms with Crippen molar-refractivity contribution in [3.63, 3.8) is 0 Å². The molecule has 1 fully saturated rings. The molecule has 2 rings (SSSR count). The standard InChI is InChI=1S/C13H14Cl3NO2/c1-2-19-13(18)8-3-4-17(7-8)12-6-10(15)9(14)5-11(12)16/h5-6,8H,2-4,7H2,1H3. The lowest BCUT2D eigenvalue weighted by molar-refractivity contribution is -0.147. The SMILES string of the molecule is CCOC(=O)C1CCN(c2cc(Cl)c(Cl)cc2Cl)C1. The predicted octanol–water partition coefficient (Wildman–Crippen LogP) is 4.04. The number of benzene rings is 1. The number of hydrogen-bond donors (Lipinski definition) is 0. The summed E-state index contributed by atoms with van der Waals surface area (Å²) in [6, 6.07) is 3.36. The van der Waals surface area contributed by atoms with Crippen molar-refractivity contribution in [2.75, 3.05) is 24.6 Å². The van der Waals surface area contributed by atoms with Gasteiger partial charge in [0.1, 0.15) is 0 Å². The zero-order valence-corrected chi connectivity index (χ0v) is 12.7. The topological polar surface area (TPSA) is 29.5 Å². The van der Waals surface area contributed by atoms with Crippen LogP contribution in [-0.2, 0) is 9.53 Å². The smallest absolute Gasteiger partial charge is 0.310 e. The molecule has 0 saturated carbocycles. The third-order valence-corrected chi connectivity index (χ3v) is 4.16. The molecule has 1 unspecified atom stereocenters. The van der Waals surface area contributed by atoms with Crippen LogP contribution in [0.4, 0.5) is 5.69 Å². The van der Waals surface area contributed by atoms with Crippen LogP contribution < -0.4 is 4.90 Å². The first kappa shape index (κ1) is 14.8. The molecule has 0 aliphatic carbocycles. The van der Waals surface area contributed by atoms with Gasteiger partial charge in [0, 0.05) is 13.1 Å². The van der Waals surface area contributed by atoms with Crippen molar-refractivity contribution in [3.05, 3.63) is 27.2 Å². The second-order valence-corrected chi connectivity index (χ2v) is 5.62. The van der Waals surface area contributed by atoms with E-state index >= 15 is 0 Å². The average molecular weight is 323 g/mol. The van der Waals surface area contributed by atoms with Crippen molar-refractivity contribution >= 4 is 46.5 Å². The summed E-state index contributed by atoms with van der Waals surface area (Å²) < 4.78 is 5.04. The molecular formula is C13H14Cl3NO2. The summed E-state index contributed by atoms with van der Waals surface area (Å²) in [4.78, 5) is 13.7. The van der Waals surface area contributed by atoms with Gasteiger partial charge in [-0.05, 0) is 25.5 Å². The van der Waals surface area contributed by atoms with Gasteiger partial charge in [-0.3, -0.25) is 4.79 Å². The van der Waals surface area contributed by atoms with E-state index in [9.17, 15) is 4.79 Å². The Morgan fingerprint density at radius 3 is 2.68 bits per heavy atom. The van der Waals surface area contributed by atoms with Crippen LogP contribution in [-0.4, -0.2) is 25.7 Å². The van der Waals surface area contributed by atoms with Crippen molar-refractivity contribution in [2.45, 2.75) is 13.3 Å². The van der Waals surface area contributed by atoms with Crippen LogP contribution in [0.15, 0.2) is 12.1 Å². The average Bonchev–Trinajstić information content (AvgIpc) is 2.83. The van der Waals surface area contributed by atoms with Gasteiger partial charge in [-0.25, -0.2) is 0 Å². The van der Waals surface area contributed by atoms with E-state index in [1.807, 2.05) is 4.90 Å². The van der Waals surface area contributed by atoms with Crippen LogP contribution >= 0.6 is 34.8 Å². The van der Waals surface area contributed by atoms with Gasteiger partial charge in [0.25, 0.3) is 0 Å². The quantitative estimate of drug-likeness (QED) is 0.621. The fourth-order valence-corrected chi connectivity index (χ4v) is 2.85. The van der Waals surface area contributed by atoms with Gasteiger partial charge in [0.15, 0.2) is 0 Å². The molecule has 1 saturated heterocycles. The maximum Gasteiger partial charge on any atom is 0.310 e. The molecule has 1 atom stereocenters. The normalized spacial score (nSPS) is 18.7. The van der Waals surface area contributed by atoms with Gasteiger partial charge in [-0.2, -0.15) is 0 Å². The summed E-state index contributed by atoms with van der Waals surface area (Å²) in [7, 11) is 0. The van der Waals surface area contributed by atoms with Gasteiger partial charge in [-0.1, -0.05) is 34.8 Å². The summed E-state index contributed by atoms with van der Waals surface area (Å²) in [5.74, 6) is -0.258. The Bertz CT molecular complexity index is 493. The Morgan fingerprint density at radius 1 is 1.32 bits per heavy atom. The lowest BCUT2D eigenvalue weighted by atomic mass is 10.1. The first-order valence-corrected chi connectivity index (χ1v) is 7.22. The molecule has 1 aromatic carbocycles. The van der Waals surface area contributed by atoms with E-state index in [1.165, 1.54) is 0 Å². The van der Waals surface area contributed by atoms with E-state index < -0.39 is 0 Å². The minimum atomic E-state index is -0.152. The van der Waals surface area contributed by atoms with E-state index in [0.717, 1.165) is 18.7 Å². The van der Waals surface area contributed by atoms with Crippen LogP contribution in [0.25, 0.3) is 0 Å². The molecule has 1 aromatic rings. The van der Waals surface area contributed by atoms with Crippen LogP contribution in [0, 0.1) is 5.92 Å². The Morgan fingerprint density at radius 2 is 2.00 bits per heavy atom. The van der Waals surface area contributed by atoms with Gasteiger partial charge in [-0.15, -0.1) is 0 Å². The van der Waals surface area contributed by atoms with Crippen molar-refractivity contribution in [1.82, 2.24) is 0 Å². The highest BCUT2D eigenvalue weighted by atomic mass is 35.5. The minimum absolute atomic E-state index is 0.106. The second-order valence-electron chi connectivity index (χ2n) is 4.40. The monoisotopic (exact) mass is 321 g/mol. The molecule has 1 aliphatic heterocycles. The first-order valence-electron chi connectivity index (χ1n) is 6.09. The summed E-state index contributed by atoms with van der Waals surface area (Å²) in [5, 5.41) is 1.43. The highest BCUT2D eigenvalue weighted by Crippen LogP contribution is 2.36. The number of halogens is 3. The van der Waals surface area contributed by atoms with E-state index in [0.29, 0.717) is 28.2 Å². The molecule has 0 aromatic heterocycles. The molecule has 104 valence electrons. The maximum atomic E-state index is 11.7. The number of ether oxygens (including phenoxy) is 1. The minimum Gasteiger partial charge on any atom is -0.466 e. The molecule has 0 radical (unpaired) electrons. The van der Waals surface area contributed by atoms with Crippen LogP contribution in [0.2, 0.25) is 15.1 Å². The highest BCUT2D eigenvalue weighted by molar-refractivity contribution is 6.44. The number of hydrogen-bond acceptors (Lipinski definition) is 3. The van der Waals surface area contributed by atoms with E-state index in [1.54, 1.807) is 19.1 Å². The Labute approximate surface area is 127 Å². The summed E-state index contributed by atoms with van der Waals surface area (Å²) in [5.41, 5.74) is 0.808. The number of rotatable bonds is 3. The zero-order chi connectivity index (χ0) is 14.0. The van der Waals surface area contributed by atoms with Crippen molar-refractivity contribution in [1.29, 1.82) is 0 Å². The van der Waals surface area contributed by atoms with Gasteiger partial charge < -0.3 is 9.64 Å². The molecule has 3 nitrogen and oxygen atoms in total. The summed E-state index contributed by atoms with van der Waals surface area (Å²) in [6.07, 6.45) is 0.759. The van der Waals surface area contributed by atoms with Gasteiger partial charge >= 0.3 is 5.97 Å². The summed E-state index contributed by atoms with van der Waals surface area (Å²) >= 11 is 18.1. The molecule has 1 heterocycles. The van der Waals surface area contributed by atoms with Crippen LogP contribution in [0.5, 0.6) is 0 Å². The first-order chi connectivity index (χ1) is 9.02. The number of nitrogens with zero attached hydrogens (tertiary/aromatic N) is 1. The van der Waals surface area contributed by atoms with E-state index in [-0.39, 0.29) is 11.9 Å². The largest absolute Gasteiger partial charge is 0.466 e. The third kappa shape index (κ3) is 3.28. The molecule has 1 aliphatic rings. The highest BCUT2D eigenvalue weighted by Gasteiger charge is 2.30. The van der Waals surface area contributed by atoms with E-state index in [2.05, 4.69) is 0 Å². The molecule has 0 amide bonds. The number of carbonyl (C=O) groups is 1. The molecule has 19 heavy (non-hydrogen) atoms. The second kappa shape index (κ2) is 6.21. The lowest BCUT2D eigenvalue weighted by Crippen LogP contribution is -2.24. The van der Waals surface area contributed by atoms with Crippen molar-refractivity contribution < 1.29 is 9.53 Å².